The Labute approximate surface area is 231 Å². The maximum atomic E-state index is 12.3. The zero-order valence-electron chi connectivity index (χ0n) is 23.9. The molecule has 0 N–H and O–H groups in total. The molecule has 214 valence electrons. The lowest BCUT2D eigenvalue weighted by Gasteiger charge is -2.33. The van der Waals surface area contributed by atoms with Crippen LogP contribution in [0.3, 0.4) is 0 Å². The number of hydrogen-bond acceptors (Lipinski definition) is 9. The van der Waals surface area contributed by atoms with E-state index in [1.165, 1.54) is 11.8 Å². The quantitative estimate of drug-likeness (QED) is 0.331. The fourth-order valence-corrected chi connectivity index (χ4v) is 4.61. The van der Waals surface area contributed by atoms with E-state index in [0.29, 0.717) is 68.1 Å². The van der Waals surface area contributed by atoms with E-state index in [-0.39, 0.29) is 12.2 Å². The number of carbonyl (C=O) groups excluding carboxylic acids is 2. The molecule has 0 radical (unpaired) electrons. The smallest absolute Gasteiger partial charge is 0.410 e. The van der Waals surface area contributed by atoms with E-state index in [1.54, 1.807) is 15.9 Å². The molecule has 11 heteroatoms. The van der Waals surface area contributed by atoms with Gasteiger partial charge in [0.15, 0.2) is 5.16 Å². The van der Waals surface area contributed by atoms with Crippen molar-refractivity contribution in [2.45, 2.75) is 83.6 Å². The summed E-state index contributed by atoms with van der Waals surface area (Å²) in [6.45, 7) is 14.9. The van der Waals surface area contributed by atoms with Crippen molar-refractivity contribution in [1.82, 2.24) is 19.8 Å². The van der Waals surface area contributed by atoms with Crippen molar-refractivity contribution < 1.29 is 28.5 Å². The molecule has 1 aromatic rings. The highest BCUT2D eigenvalue weighted by Crippen LogP contribution is 2.26. The number of ether oxygens (including phenoxy) is 4. The Hall–Kier alpha value is -2.43. The van der Waals surface area contributed by atoms with E-state index in [1.807, 2.05) is 47.8 Å². The van der Waals surface area contributed by atoms with Crippen LogP contribution in [0.1, 0.15) is 67.2 Å². The molecule has 2 amide bonds. The Morgan fingerprint density at radius 2 is 1.16 bits per heavy atom. The number of nitrogens with zero attached hydrogens (tertiary/aromatic N) is 4. The molecule has 0 bridgehead atoms. The molecule has 0 atom stereocenters. The van der Waals surface area contributed by atoms with E-state index in [2.05, 4.69) is 9.97 Å². The zero-order valence-corrected chi connectivity index (χ0v) is 24.8. The van der Waals surface area contributed by atoms with Crippen LogP contribution in [0, 0.1) is 11.8 Å². The number of rotatable bonds is 7. The lowest BCUT2D eigenvalue weighted by atomic mass is 9.98. The van der Waals surface area contributed by atoms with Gasteiger partial charge in [0.2, 0.25) is 11.8 Å². The largest absolute Gasteiger partial charge is 0.477 e. The number of amides is 2. The molecule has 2 aliphatic rings. The molecule has 0 unspecified atom stereocenters. The van der Waals surface area contributed by atoms with Crippen LogP contribution >= 0.6 is 11.8 Å². The monoisotopic (exact) mass is 552 g/mol. The summed E-state index contributed by atoms with van der Waals surface area (Å²) < 4.78 is 23.0. The predicted molar refractivity (Wildman–Crippen MR) is 146 cm³/mol. The fourth-order valence-electron chi connectivity index (χ4n) is 4.25. The molecule has 2 saturated heterocycles. The third-order valence-corrected chi connectivity index (χ3v) is 6.86. The van der Waals surface area contributed by atoms with Gasteiger partial charge in [-0.15, -0.1) is 0 Å². The van der Waals surface area contributed by atoms with Crippen molar-refractivity contribution >= 4 is 23.9 Å². The summed E-state index contributed by atoms with van der Waals surface area (Å²) in [5.74, 6) is 1.66. The Kier molecular flexibility index (Phi) is 10.4. The maximum absolute atomic E-state index is 12.3. The summed E-state index contributed by atoms with van der Waals surface area (Å²) in [5, 5.41) is 0.594. The number of aromatic nitrogens is 2. The molecule has 2 fully saturated rings. The first-order chi connectivity index (χ1) is 17.8. The van der Waals surface area contributed by atoms with Crippen LogP contribution in [0.2, 0.25) is 0 Å². The van der Waals surface area contributed by atoms with E-state index in [0.717, 1.165) is 25.7 Å². The second-order valence-corrected chi connectivity index (χ2v) is 12.7. The van der Waals surface area contributed by atoms with Crippen molar-refractivity contribution in [2.75, 3.05) is 45.6 Å². The van der Waals surface area contributed by atoms with Gasteiger partial charge in [0.1, 0.15) is 11.2 Å². The van der Waals surface area contributed by atoms with Gasteiger partial charge in [0.05, 0.1) is 19.3 Å². The second-order valence-electron chi connectivity index (χ2n) is 12.0. The van der Waals surface area contributed by atoms with E-state index in [4.69, 9.17) is 18.9 Å². The normalized spacial score (nSPS) is 17.8. The Morgan fingerprint density at radius 1 is 0.789 bits per heavy atom. The minimum atomic E-state index is -0.490. The average Bonchev–Trinajstić information content (AvgIpc) is 2.84. The number of hydrogen-bond donors (Lipinski definition) is 0. The van der Waals surface area contributed by atoms with Crippen LogP contribution in [0.5, 0.6) is 11.8 Å². The van der Waals surface area contributed by atoms with Crippen molar-refractivity contribution in [3.05, 3.63) is 6.07 Å². The predicted octanol–water partition coefficient (Wildman–Crippen LogP) is 5.25. The van der Waals surface area contributed by atoms with Gasteiger partial charge in [-0.3, -0.25) is 0 Å². The first-order valence-electron chi connectivity index (χ1n) is 13.5. The number of likely N-dealkylation sites (tertiary alicyclic amines) is 2. The Bertz CT molecular complexity index is 862. The second kappa shape index (κ2) is 13.1. The summed E-state index contributed by atoms with van der Waals surface area (Å²) in [4.78, 5) is 37.1. The fraction of sp³-hybridized carbons (Fsp3) is 0.778. The van der Waals surface area contributed by atoms with Crippen LogP contribution in [-0.4, -0.2) is 88.8 Å². The average molecular weight is 553 g/mol. The summed E-state index contributed by atoms with van der Waals surface area (Å²) in [7, 11) is 0. The van der Waals surface area contributed by atoms with E-state index >= 15 is 0 Å². The van der Waals surface area contributed by atoms with Gasteiger partial charge in [0, 0.05) is 26.2 Å². The van der Waals surface area contributed by atoms with Crippen molar-refractivity contribution in [1.29, 1.82) is 0 Å². The molecular formula is C27H44N4O6S. The van der Waals surface area contributed by atoms with E-state index in [9.17, 15) is 9.59 Å². The maximum Gasteiger partial charge on any atom is 0.410 e. The SMILES string of the molecule is CSc1nc(OCC2CCN(C(=O)OC(C)(C)C)CC2)cc(OCC2CCN(C(=O)OC(C)(C)C)CC2)n1. The molecule has 1 aromatic heterocycles. The van der Waals surface area contributed by atoms with Crippen LogP contribution in [0.25, 0.3) is 0 Å². The first-order valence-corrected chi connectivity index (χ1v) is 14.7. The third-order valence-electron chi connectivity index (χ3n) is 6.31. The van der Waals surface area contributed by atoms with Crippen LogP contribution in [0.15, 0.2) is 11.2 Å². The highest BCUT2D eigenvalue weighted by Gasteiger charge is 2.28. The van der Waals surface area contributed by atoms with Gasteiger partial charge in [-0.05, 0) is 85.3 Å². The molecule has 38 heavy (non-hydrogen) atoms. The summed E-state index contributed by atoms with van der Waals surface area (Å²) >= 11 is 1.44. The highest BCUT2D eigenvalue weighted by molar-refractivity contribution is 7.98. The summed E-state index contributed by atoms with van der Waals surface area (Å²) in [5.41, 5.74) is -0.980. The van der Waals surface area contributed by atoms with Gasteiger partial charge >= 0.3 is 12.2 Å². The molecular weight excluding hydrogens is 508 g/mol. The van der Waals surface area contributed by atoms with Crippen molar-refractivity contribution in [3.63, 3.8) is 0 Å². The van der Waals surface area contributed by atoms with Crippen LogP contribution < -0.4 is 9.47 Å². The first kappa shape index (κ1) is 30.1. The minimum Gasteiger partial charge on any atom is -0.477 e. The van der Waals surface area contributed by atoms with Gasteiger partial charge in [-0.25, -0.2) is 9.59 Å². The van der Waals surface area contributed by atoms with E-state index < -0.39 is 11.2 Å². The molecule has 10 nitrogen and oxygen atoms in total. The van der Waals surface area contributed by atoms with Gasteiger partial charge in [0.25, 0.3) is 0 Å². The lowest BCUT2D eigenvalue weighted by Crippen LogP contribution is -2.42. The molecule has 3 heterocycles. The minimum absolute atomic E-state index is 0.255. The van der Waals surface area contributed by atoms with Crippen molar-refractivity contribution in [3.8, 4) is 11.8 Å². The topological polar surface area (TPSA) is 103 Å². The Balaban J connectivity index is 1.44. The molecule has 2 aliphatic heterocycles. The zero-order chi connectivity index (χ0) is 27.9. The van der Waals surface area contributed by atoms with Gasteiger partial charge < -0.3 is 28.7 Å². The number of piperidine rings is 2. The standard InChI is InChI=1S/C27H44N4O6S/c1-26(2,3)36-24(32)30-12-8-19(9-13-30)17-34-21-16-22(29-23(28-21)38-7)35-18-20-10-14-31(15-11-20)25(33)37-27(4,5)6/h16,19-20H,8-15,17-18H2,1-7H3. The van der Waals surface area contributed by atoms with Gasteiger partial charge in [-0.1, -0.05) is 11.8 Å². The lowest BCUT2D eigenvalue weighted by molar-refractivity contribution is 0.0156. The molecule has 0 aromatic carbocycles. The summed E-state index contributed by atoms with van der Waals surface area (Å²) in [6.07, 6.45) is 4.82. The van der Waals surface area contributed by atoms with Gasteiger partial charge in [-0.2, -0.15) is 9.97 Å². The van der Waals surface area contributed by atoms with Crippen molar-refractivity contribution in [2.24, 2.45) is 11.8 Å². The number of carbonyl (C=O) groups is 2. The molecule has 3 rings (SSSR count). The molecule has 0 spiro atoms. The number of thioether (sulfide) groups is 1. The third kappa shape index (κ3) is 10.0. The Morgan fingerprint density at radius 3 is 1.47 bits per heavy atom. The molecule has 0 aliphatic carbocycles. The summed E-state index contributed by atoms with van der Waals surface area (Å²) in [6, 6.07) is 1.74. The molecule has 0 saturated carbocycles. The van der Waals surface area contributed by atoms with Crippen LogP contribution in [-0.2, 0) is 9.47 Å². The highest BCUT2D eigenvalue weighted by atomic mass is 32.2. The van der Waals surface area contributed by atoms with Crippen LogP contribution in [0.4, 0.5) is 9.59 Å².